The van der Waals surface area contributed by atoms with Gasteiger partial charge in [-0.05, 0) is 85.1 Å². The average molecular weight is 389 g/mol. The molecule has 1 unspecified atom stereocenters. The lowest BCUT2D eigenvalue weighted by atomic mass is 10.0. The second-order valence-corrected chi connectivity index (χ2v) is 8.10. The number of Topliss-reactive ketones (excluding diaryl/α,β-unsaturated/α-hetero) is 1. The van der Waals surface area contributed by atoms with E-state index in [1.807, 2.05) is 26.8 Å². The van der Waals surface area contributed by atoms with E-state index in [-0.39, 0.29) is 12.1 Å². The van der Waals surface area contributed by atoms with Gasteiger partial charge in [0, 0.05) is 13.0 Å². The summed E-state index contributed by atoms with van der Waals surface area (Å²) in [5, 5.41) is 0. The molecule has 0 N–H and O–H groups in total. The topological polar surface area (TPSA) is 35.5 Å². The van der Waals surface area contributed by atoms with Gasteiger partial charge in [-0.3, -0.25) is 4.79 Å². The Bertz CT molecular complexity index is 583. The lowest BCUT2D eigenvalue weighted by Crippen LogP contribution is -2.22. The van der Waals surface area contributed by atoms with Gasteiger partial charge in [0.05, 0.1) is 6.61 Å². The van der Waals surface area contributed by atoms with Crippen LogP contribution in [-0.2, 0) is 14.3 Å². The smallest absolute Gasteiger partial charge is 0.162 e. The van der Waals surface area contributed by atoms with Gasteiger partial charge >= 0.3 is 0 Å². The number of carbonyl (C=O) groups excluding carboxylic acids is 1. The SMILES string of the molecule is CC(C)=CCC(=O)/C(C)=C/CC/C(C)=C/CC/C(C)=C/COC1CCCCO1. The number of ether oxygens (including phenoxy) is 2. The Kier molecular flexibility index (Phi) is 12.8. The first-order valence-electron chi connectivity index (χ1n) is 10.8. The molecule has 1 atom stereocenters. The van der Waals surface area contributed by atoms with Crippen molar-refractivity contribution >= 4 is 5.78 Å². The van der Waals surface area contributed by atoms with E-state index in [4.69, 9.17) is 9.47 Å². The van der Waals surface area contributed by atoms with Crippen molar-refractivity contribution in [2.24, 2.45) is 0 Å². The fourth-order valence-corrected chi connectivity index (χ4v) is 2.98. The normalized spacial score (nSPS) is 18.9. The van der Waals surface area contributed by atoms with Crippen molar-refractivity contribution < 1.29 is 14.3 Å². The molecule has 1 aliphatic heterocycles. The summed E-state index contributed by atoms with van der Waals surface area (Å²) in [6.45, 7) is 11.8. The lowest BCUT2D eigenvalue weighted by Gasteiger charge is -2.22. The van der Waals surface area contributed by atoms with Gasteiger partial charge in [-0.15, -0.1) is 0 Å². The fraction of sp³-hybridized carbons (Fsp3) is 0.640. The van der Waals surface area contributed by atoms with Crippen LogP contribution in [0.15, 0.2) is 46.6 Å². The number of carbonyl (C=O) groups is 1. The van der Waals surface area contributed by atoms with Crippen LogP contribution in [0.2, 0.25) is 0 Å². The van der Waals surface area contributed by atoms with E-state index in [0.29, 0.717) is 13.0 Å². The Hall–Kier alpha value is -1.45. The molecule has 0 radical (unpaired) electrons. The Morgan fingerprint density at radius 1 is 0.929 bits per heavy atom. The predicted octanol–water partition coefficient (Wildman–Crippen LogP) is 6.85. The molecule has 1 saturated heterocycles. The van der Waals surface area contributed by atoms with E-state index in [9.17, 15) is 4.79 Å². The molecular formula is C25H40O3. The molecule has 3 nitrogen and oxygen atoms in total. The summed E-state index contributed by atoms with van der Waals surface area (Å²) in [6.07, 6.45) is 16.5. The summed E-state index contributed by atoms with van der Waals surface area (Å²) < 4.78 is 11.3. The minimum Gasteiger partial charge on any atom is -0.353 e. The van der Waals surface area contributed by atoms with E-state index >= 15 is 0 Å². The number of rotatable bonds is 12. The van der Waals surface area contributed by atoms with Crippen molar-refractivity contribution in [3.8, 4) is 0 Å². The van der Waals surface area contributed by atoms with E-state index in [2.05, 4.69) is 32.1 Å². The molecule has 0 saturated carbocycles. The second kappa shape index (κ2) is 14.5. The van der Waals surface area contributed by atoms with Crippen LogP contribution < -0.4 is 0 Å². The van der Waals surface area contributed by atoms with Crippen LogP contribution in [0, 0.1) is 0 Å². The molecular weight excluding hydrogens is 348 g/mol. The molecule has 1 rings (SSSR count). The lowest BCUT2D eigenvalue weighted by molar-refractivity contribution is -0.155. The number of allylic oxidation sites excluding steroid dienone is 7. The third-order valence-corrected chi connectivity index (χ3v) is 5.01. The Morgan fingerprint density at radius 2 is 1.61 bits per heavy atom. The number of hydrogen-bond donors (Lipinski definition) is 0. The average Bonchev–Trinajstić information content (AvgIpc) is 2.66. The first-order chi connectivity index (χ1) is 13.4. The summed E-state index contributed by atoms with van der Waals surface area (Å²) in [5.74, 6) is 0.226. The maximum Gasteiger partial charge on any atom is 0.162 e. The van der Waals surface area contributed by atoms with Gasteiger partial charge in [0.15, 0.2) is 12.1 Å². The van der Waals surface area contributed by atoms with Crippen molar-refractivity contribution in [3.63, 3.8) is 0 Å². The van der Waals surface area contributed by atoms with Gasteiger partial charge in [0.25, 0.3) is 0 Å². The van der Waals surface area contributed by atoms with Crippen LogP contribution in [-0.4, -0.2) is 25.3 Å². The fourth-order valence-electron chi connectivity index (χ4n) is 2.98. The number of hydrogen-bond acceptors (Lipinski definition) is 3. The van der Waals surface area contributed by atoms with E-state index < -0.39 is 0 Å². The minimum atomic E-state index is -0.00893. The first kappa shape index (κ1) is 24.6. The Labute approximate surface area is 172 Å². The summed E-state index contributed by atoms with van der Waals surface area (Å²) in [7, 11) is 0. The molecule has 0 bridgehead atoms. The Balaban J connectivity index is 2.22. The van der Waals surface area contributed by atoms with Crippen molar-refractivity contribution in [2.45, 2.75) is 92.3 Å². The third kappa shape index (κ3) is 12.1. The summed E-state index contributed by atoms with van der Waals surface area (Å²) in [4.78, 5) is 12.0. The summed E-state index contributed by atoms with van der Waals surface area (Å²) >= 11 is 0. The molecule has 0 aromatic carbocycles. The number of ketones is 1. The maximum absolute atomic E-state index is 12.0. The highest BCUT2D eigenvalue weighted by molar-refractivity contribution is 5.95. The van der Waals surface area contributed by atoms with E-state index in [1.54, 1.807) is 0 Å². The van der Waals surface area contributed by atoms with Gasteiger partial charge in [-0.25, -0.2) is 0 Å². The van der Waals surface area contributed by atoms with Crippen molar-refractivity contribution in [1.82, 2.24) is 0 Å². The van der Waals surface area contributed by atoms with Gasteiger partial charge in [-0.2, -0.15) is 0 Å². The first-order valence-corrected chi connectivity index (χ1v) is 10.8. The third-order valence-electron chi connectivity index (χ3n) is 5.01. The van der Waals surface area contributed by atoms with Gasteiger partial charge in [0.1, 0.15) is 0 Å². The zero-order valence-corrected chi connectivity index (χ0v) is 18.7. The van der Waals surface area contributed by atoms with E-state index in [1.165, 1.54) is 23.1 Å². The summed E-state index contributed by atoms with van der Waals surface area (Å²) in [5.41, 5.74) is 4.82. The largest absolute Gasteiger partial charge is 0.353 e. The zero-order chi connectivity index (χ0) is 20.8. The van der Waals surface area contributed by atoms with Gasteiger partial charge < -0.3 is 9.47 Å². The highest BCUT2D eigenvalue weighted by Crippen LogP contribution is 2.15. The molecule has 0 spiro atoms. The molecule has 0 aliphatic carbocycles. The van der Waals surface area contributed by atoms with Crippen LogP contribution in [0.3, 0.4) is 0 Å². The highest BCUT2D eigenvalue weighted by atomic mass is 16.7. The molecule has 1 fully saturated rings. The molecule has 0 aromatic heterocycles. The predicted molar refractivity (Wildman–Crippen MR) is 118 cm³/mol. The molecule has 1 aliphatic rings. The molecule has 3 heteroatoms. The second-order valence-electron chi connectivity index (χ2n) is 8.10. The van der Waals surface area contributed by atoms with Crippen molar-refractivity contribution in [2.75, 3.05) is 13.2 Å². The standard InChI is InChI=1S/C25H40O3/c1-20(2)15-16-24(26)23(5)13-9-12-21(3)10-8-11-22(4)17-19-28-25-14-6-7-18-27-25/h10,13,15,17,25H,6-9,11-12,14,16,18-19H2,1-5H3/b21-10+,22-17+,23-13+. The van der Waals surface area contributed by atoms with Crippen molar-refractivity contribution in [1.29, 1.82) is 0 Å². The zero-order valence-electron chi connectivity index (χ0n) is 18.7. The Morgan fingerprint density at radius 3 is 2.25 bits per heavy atom. The van der Waals surface area contributed by atoms with Crippen LogP contribution in [0.1, 0.15) is 86.0 Å². The van der Waals surface area contributed by atoms with Gasteiger partial charge in [-0.1, -0.05) is 41.0 Å². The molecule has 0 amide bonds. The quantitative estimate of drug-likeness (QED) is 0.271. The van der Waals surface area contributed by atoms with Gasteiger partial charge in [0.2, 0.25) is 0 Å². The van der Waals surface area contributed by atoms with Crippen LogP contribution >= 0.6 is 0 Å². The molecule has 28 heavy (non-hydrogen) atoms. The van der Waals surface area contributed by atoms with Crippen LogP contribution in [0.25, 0.3) is 0 Å². The molecule has 0 aromatic rings. The van der Waals surface area contributed by atoms with Crippen LogP contribution in [0.4, 0.5) is 0 Å². The van der Waals surface area contributed by atoms with E-state index in [0.717, 1.165) is 50.7 Å². The van der Waals surface area contributed by atoms with Crippen molar-refractivity contribution in [3.05, 3.63) is 46.6 Å². The maximum atomic E-state index is 12.0. The van der Waals surface area contributed by atoms with Crippen LogP contribution in [0.5, 0.6) is 0 Å². The molecule has 158 valence electrons. The molecule has 1 heterocycles. The highest BCUT2D eigenvalue weighted by Gasteiger charge is 2.12. The minimum absolute atomic E-state index is 0.00893. The summed E-state index contributed by atoms with van der Waals surface area (Å²) in [6, 6.07) is 0. The monoisotopic (exact) mass is 388 g/mol.